The van der Waals surface area contributed by atoms with Crippen molar-refractivity contribution in [1.82, 2.24) is 0 Å². The normalized spacial score (nSPS) is 15.3. The van der Waals surface area contributed by atoms with Gasteiger partial charge in [-0.15, -0.1) is 0 Å². The third-order valence-electron chi connectivity index (χ3n) is 4.22. The summed E-state index contributed by atoms with van der Waals surface area (Å²) >= 11 is 0. The van der Waals surface area contributed by atoms with E-state index in [1.54, 1.807) is 0 Å². The van der Waals surface area contributed by atoms with Gasteiger partial charge in [0.15, 0.2) is 0 Å². The molecule has 0 amide bonds. The van der Waals surface area contributed by atoms with E-state index in [1.807, 2.05) is 65.8 Å². The molecule has 1 aromatic rings. The summed E-state index contributed by atoms with van der Waals surface area (Å²) < 4.78 is 0. The summed E-state index contributed by atoms with van der Waals surface area (Å²) in [6, 6.07) is 8.09. The van der Waals surface area contributed by atoms with Crippen LogP contribution in [0.4, 0.5) is 0 Å². The Bertz CT molecular complexity index is 451. The molecule has 1 aromatic carbocycles. The van der Waals surface area contributed by atoms with Crippen molar-refractivity contribution in [3.05, 3.63) is 35.4 Å². The second-order valence-electron chi connectivity index (χ2n) is 7.36. The minimum atomic E-state index is -0.600. The number of benzene rings is 1. The van der Waals surface area contributed by atoms with Crippen LogP contribution in [-0.4, -0.2) is 12.2 Å². The summed E-state index contributed by atoms with van der Waals surface area (Å²) in [6.07, 6.45) is 1.90. The minimum Gasteiger partial charge on any atom is -0.233 e. The van der Waals surface area contributed by atoms with Gasteiger partial charge in [-0.3, -0.25) is 0 Å². The van der Waals surface area contributed by atoms with E-state index in [0.29, 0.717) is 0 Å². The Morgan fingerprint density at radius 3 is 1.38 bits per heavy atom. The smallest absolute Gasteiger partial charge is 0.123 e. The maximum Gasteiger partial charge on any atom is 0.123 e. The van der Waals surface area contributed by atoms with Crippen LogP contribution >= 0.6 is 0 Å². The van der Waals surface area contributed by atoms with Crippen molar-refractivity contribution in [3.8, 4) is 0 Å². The fraction of sp³-hybridized carbons (Fsp3) is 0.700. The zero-order valence-corrected chi connectivity index (χ0v) is 16.5. The number of hydrogen-bond acceptors (Lipinski definition) is 4. The summed E-state index contributed by atoms with van der Waals surface area (Å²) in [5, 5.41) is 0. The van der Waals surface area contributed by atoms with E-state index in [1.165, 1.54) is 0 Å². The Hall–Kier alpha value is -0.940. The number of hydrogen-bond donors (Lipinski definition) is 0. The first-order valence-corrected chi connectivity index (χ1v) is 8.93. The maximum absolute atomic E-state index is 5.75. The zero-order chi connectivity index (χ0) is 18.4. The second-order valence-corrected chi connectivity index (χ2v) is 7.36. The topological polar surface area (TPSA) is 36.9 Å². The van der Waals surface area contributed by atoms with Gasteiger partial charge < -0.3 is 0 Å². The molecule has 0 radical (unpaired) electrons. The highest BCUT2D eigenvalue weighted by Crippen LogP contribution is 2.36. The lowest BCUT2D eigenvalue weighted by molar-refractivity contribution is -0.386. The van der Waals surface area contributed by atoms with E-state index in [2.05, 4.69) is 13.8 Å². The Morgan fingerprint density at radius 2 is 1.08 bits per heavy atom. The highest BCUT2D eigenvalue weighted by molar-refractivity contribution is 5.35. The fourth-order valence-corrected chi connectivity index (χ4v) is 2.16. The molecule has 0 spiro atoms. The van der Waals surface area contributed by atoms with Crippen molar-refractivity contribution in [3.63, 3.8) is 0 Å². The van der Waals surface area contributed by atoms with Crippen molar-refractivity contribution in [2.45, 2.75) is 91.6 Å². The third-order valence-corrected chi connectivity index (χ3v) is 4.22. The highest BCUT2D eigenvalue weighted by Gasteiger charge is 2.34. The molecule has 0 N–H and O–H groups in total. The van der Waals surface area contributed by atoms with Crippen molar-refractivity contribution in [1.29, 1.82) is 0 Å². The van der Waals surface area contributed by atoms with Gasteiger partial charge in [0.1, 0.15) is 11.2 Å². The second kappa shape index (κ2) is 8.95. The van der Waals surface area contributed by atoms with Crippen LogP contribution in [0.1, 0.15) is 79.4 Å². The summed E-state index contributed by atoms with van der Waals surface area (Å²) in [4.78, 5) is 22.6. The monoisotopic (exact) mass is 338 g/mol. The van der Waals surface area contributed by atoms with Crippen LogP contribution < -0.4 is 0 Å². The lowest BCUT2D eigenvalue weighted by atomic mass is 9.85. The summed E-state index contributed by atoms with van der Waals surface area (Å²) in [5.41, 5.74) is 0.839. The van der Waals surface area contributed by atoms with Gasteiger partial charge in [-0.1, -0.05) is 38.1 Å². The highest BCUT2D eigenvalue weighted by atomic mass is 17.2. The standard InChI is InChI=1S/C20H34O4/c1-9-15(3)21-23-19(5,6)17-13-11-12-14-18(17)20(7,8)24-22-16(4)10-2/h11-16H,9-10H2,1-8H3. The van der Waals surface area contributed by atoms with Gasteiger partial charge in [-0.05, 0) is 65.5 Å². The summed E-state index contributed by atoms with van der Waals surface area (Å²) in [6.45, 7) is 16.1. The van der Waals surface area contributed by atoms with Crippen molar-refractivity contribution < 1.29 is 19.6 Å². The quantitative estimate of drug-likeness (QED) is 0.408. The molecule has 0 aliphatic rings. The van der Waals surface area contributed by atoms with Crippen LogP contribution in [0.25, 0.3) is 0 Å². The van der Waals surface area contributed by atoms with Crippen LogP contribution in [0.5, 0.6) is 0 Å². The molecule has 2 unspecified atom stereocenters. The molecule has 0 aliphatic carbocycles. The van der Waals surface area contributed by atoms with E-state index in [9.17, 15) is 0 Å². The van der Waals surface area contributed by atoms with E-state index in [0.717, 1.165) is 24.0 Å². The molecule has 0 bridgehead atoms. The van der Waals surface area contributed by atoms with Crippen LogP contribution in [-0.2, 0) is 30.8 Å². The first-order chi connectivity index (χ1) is 11.1. The van der Waals surface area contributed by atoms with Crippen LogP contribution in [0.3, 0.4) is 0 Å². The molecule has 24 heavy (non-hydrogen) atoms. The van der Waals surface area contributed by atoms with Crippen LogP contribution in [0.15, 0.2) is 24.3 Å². The molecule has 0 aromatic heterocycles. The van der Waals surface area contributed by atoms with E-state index in [4.69, 9.17) is 19.6 Å². The average molecular weight is 338 g/mol. The van der Waals surface area contributed by atoms with Gasteiger partial charge in [0, 0.05) is 0 Å². The molecule has 0 heterocycles. The molecule has 0 aliphatic heterocycles. The lowest BCUT2D eigenvalue weighted by Gasteiger charge is -2.33. The van der Waals surface area contributed by atoms with E-state index >= 15 is 0 Å². The van der Waals surface area contributed by atoms with Gasteiger partial charge in [0.2, 0.25) is 0 Å². The fourth-order valence-electron chi connectivity index (χ4n) is 2.16. The maximum atomic E-state index is 5.75. The molecule has 4 nitrogen and oxygen atoms in total. The molecule has 1 rings (SSSR count). The van der Waals surface area contributed by atoms with E-state index < -0.39 is 11.2 Å². The van der Waals surface area contributed by atoms with Gasteiger partial charge in [-0.2, -0.15) is 0 Å². The minimum absolute atomic E-state index is 0.0504. The molecule has 4 heteroatoms. The van der Waals surface area contributed by atoms with Gasteiger partial charge in [-0.25, -0.2) is 19.6 Å². The summed E-state index contributed by atoms with van der Waals surface area (Å²) in [5.74, 6) is 0. The first-order valence-electron chi connectivity index (χ1n) is 8.93. The predicted octanol–water partition coefficient (Wildman–Crippen LogP) is 5.65. The Balaban J connectivity index is 3.01. The zero-order valence-electron chi connectivity index (χ0n) is 16.5. The van der Waals surface area contributed by atoms with Crippen molar-refractivity contribution in [2.24, 2.45) is 0 Å². The Labute approximate surface area is 147 Å². The van der Waals surface area contributed by atoms with E-state index in [-0.39, 0.29) is 12.2 Å². The molecule has 2 atom stereocenters. The molecule has 138 valence electrons. The molecule has 0 fully saturated rings. The molecule has 0 saturated heterocycles. The summed E-state index contributed by atoms with van der Waals surface area (Å²) in [7, 11) is 0. The average Bonchev–Trinajstić information content (AvgIpc) is 2.57. The van der Waals surface area contributed by atoms with Gasteiger partial charge in [0.25, 0.3) is 0 Å². The Kier molecular flexibility index (Phi) is 7.87. The SMILES string of the molecule is CCC(C)OOC(C)(C)c1ccccc1C(C)(C)OOC(C)CC. The van der Waals surface area contributed by atoms with Gasteiger partial charge >= 0.3 is 0 Å². The Morgan fingerprint density at radius 1 is 0.750 bits per heavy atom. The molecular weight excluding hydrogens is 304 g/mol. The first kappa shape index (κ1) is 21.1. The lowest BCUT2D eigenvalue weighted by Crippen LogP contribution is -2.32. The molecular formula is C20H34O4. The van der Waals surface area contributed by atoms with Crippen molar-refractivity contribution in [2.75, 3.05) is 0 Å². The van der Waals surface area contributed by atoms with Crippen LogP contribution in [0, 0.1) is 0 Å². The van der Waals surface area contributed by atoms with Crippen molar-refractivity contribution >= 4 is 0 Å². The van der Waals surface area contributed by atoms with Gasteiger partial charge in [0.05, 0.1) is 12.2 Å². The third kappa shape index (κ3) is 5.85. The van der Waals surface area contributed by atoms with Crippen LogP contribution in [0.2, 0.25) is 0 Å². The predicted molar refractivity (Wildman–Crippen MR) is 96.3 cm³/mol. The largest absolute Gasteiger partial charge is 0.233 e. The molecule has 0 saturated carbocycles. The number of rotatable bonds is 10.